The van der Waals surface area contributed by atoms with Gasteiger partial charge in [-0.15, -0.1) is 0 Å². The maximum absolute atomic E-state index is 14.2. The Hall–Kier alpha value is -5.62. The van der Waals surface area contributed by atoms with Crippen molar-refractivity contribution in [3.8, 4) is 5.75 Å². The van der Waals surface area contributed by atoms with Crippen LogP contribution in [0.4, 0.5) is 21.8 Å². The van der Waals surface area contributed by atoms with Crippen LogP contribution in [0.15, 0.2) is 47.1 Å². The Morgan fingerprint density at radius 2 is 1.69 bits per heavy atom. The lowest BCUT2D eigenvalue weighted by molar-refractivity contribution is -0.136. The van der Waals surface area contributed by atoms with Crippen molar-refractivity contribution >= 4 is 78.8 Å². The maximum Gasteiger partial charge on any atom is 0.266 e. The molecule has 0 saturated carbocycles. The van der Waals surface area contributed by atoms with Crippen LogP contribution < -0.4 is 31.7 Å². The van der Waals surface area contributed by atoms with Crippen molar-refractivity contribution < 1.29 is 55.8 Å². The second-order valence-electron chi connectivity index (χ2n) is 14.0. The average molecular weight is 933 g/mol. The van der Waals surface area contributed by atoms with Gasteiger partial charge in [0, 0.05) is 44.7 Å². The van der Waals surface area contributed by atoms with Gasteiger partial charge in [0.25, 0.3) is 17.7 Å². The van der Waals surface area contributed by atoms with Crippen molar-refractivity contribution in [2.24, 2.45) is 5.73 Å². The minimum absolute atomic E-state index is 0.00579. The standard InChI is InChI=1S/C38H43BrFN9O11S/c39-24-21-43-38(47-34(24)45-26-5-2-4-25(40)32(26)33(41)52)44-22-9-13-48(14-10-22)61(56,57)20-12-42-29(50)11-15-58-16-17-59-18-19-60-28-6-1-3-23-31(28)37(55)49(36(23)54)27-7-8-30(51)46-35(27)53/h1-6,21-22,27H,7-20H2,(H2,41,52)(H,42,50)(H,46,51,53)(H2,43,44,45,47)/t27-/m0/s1. The van der Waals surface area contributed by atoms with Gasteiger partial charge in [-0.3, -0.25) is 39.0 Å². The molecule has 3 aromatic rings. The number of nitrogens with zero attached hydrogens (tertiary/aromatic N) is 4. The summed E-state index contributed by atoms with van der Waals surface area (Å²) in [7, 11) is -3.66. The fourth-order valence-corrected chi connectivity index (χ4v) is 8.51. The van der Waals surface area contributed by atoms with E-state index < -0.39 is 51.4 Å². The number of nitrogens with two attached hydrogens (primary N) is 1. The number of piperidine rings is 2. The maximum atomic E-state index is 14.2. The van der Waals surface area contributed by atoms with E-state index in [2.05, 4.69) is 47.2 Å². The SMILES string of the molecule is NC(=O)c1c(F)cccc1Nc1nc(NC2CCN(S(=O)(=O)CCNC(=O)CCOCCOCCOc3cccc4c3C(=O)N([C@H]3CCC(=O)NC3=O)C4=O)CC2)ncc1Br. The Labute approximate surface area is 357 Å². The van der Waals surface area contributed by atoms with Gasteiger partial charge in [-0.2, -0.15) is 4.98 Å². The van der Waals surface area contributed by atoms with Crippen LogP contribution in [0.25, 0.3) is 0 Å². The molecule has 2 saturated heterocycles. The summed E-state index contributed by atoms with van der Waals surface area (Å²) in [5.74, 6) is -4.20. The predicted molar refractivity (Wildman–Crippen MR) is 218 cm³/mol. The highest BCUT2D eigenvalue weighted by Crippen LogP contribution is 2.34. The van der Waals surface area contributed by atoms with Crippen LogP contribution >= 0.6 is 15.9 Å². The van der Waals surface area contributed by atoms with E-state index in [4.69, 9.17) is 19.9 Å². The number of hydrogen-bond acceptors (Lipinski definition) is 15. The third-order valence-corrected chi connectivity index (χ3v) is 12.3. The van der Waals surface area contributed by atoms with E-state index >= 15 is 0 Å². The van der Waals surface area contributed by atoms with Crippen LogP contribution in [0.3, 0.4) is 0 Å². The van der Waals surface area contributed by atoms with Crippen LogP contribution in [0.1, 0.15) is 63.2 Å². The van der Waals surface area contributed by atoms with Crippen LogP contribution in [-0.2, 0) is 33.9 Å². The van der Waals surface area contributed by atoms with Gasteiger partial charge in [0.15, 0.2) is 0 Å². The zero-order valence-corrected chi connectivity index (χ0v) is 35.0. The minimum atomic E-state index is -3.66. The normalized spacial score (nSPS) is 17.2. The number of hydrogen-bond donors (Lipinski definition) is 5. The monoisotopic (exact) mass is 931 g/mol. The highest BCUT2D eigenvalue weighted by molar-refractivity contribution is 9.10. The second kappa shape index (κ2) is 20.3. The molecule has 23 heteroatoms. The number of amides is 6. The van der Waals surface area contributed by atoms with E-state index in [1.54, 1.807) is 6.07 Å². The number of sulfonamides is 1. The zero-order valence-electron chi connectivity index (χ0n) is 32.6. The van der Waals surface area contributed by atoms with Crippen molar-refractivity contribution in [1.29, 1.82) is 0 Å². The number of ether oxygens (including phenoxy) is 3. The molecule has 1 aromatic heterocycles. The second-order valence-corrected chi connectivity index (χ2v) is 16.9. The summed E-state index contributed by atoms with van der Waals surface area (Å²) in [5.41, 5.74) is 5.31. The van der Waals surface area contributed by atoms with Gasteiger partial charge < -0.3 is 35.9 Å². The molecular weight excluding hydrogens is 889 g/mol. The highest BCUT2D eigenvalue weighted by atomic mass is 79.9. The summed E-state index contributed by atoms with van der Waals surface area (Å²) in [4.78, 5) is 83.7. The Bertz CT molecular complexity index is 2300. The Morgan fingerprint density at radius 1 is 0.967 bits per heavy atom. The van der Waals surface area contributed by atoms with Crippen molar-refractivity contribution in [3.05, 3.63) is 69.6 Å². The average Bonchev–Trinajstić information content (AvgIpc) is 3.47. The fraction of sp³-hybridized carbons (Fsp3) is 0.421. The summed E-state index contributed by atoms with van der Waals surface area (Å²) in [6, 6.07) is 7.36. The van der Waals surface area contributed by atoms with E-state index in [9.17, 15) is 41.6 Å². The van der Waals surface area contributed by atoms with E-state index in [1.807, 2.05) is 0 Å². The molecule has 326 valence electrons. The third kappa shape index (κ3) is 11.2. The largest absolute Gasteiger partial charge is 0.490 e. The number of nitrogens with one attached hydrogen (secondary N) is 4. The number of aromatic nitrogens is 2. The molecule has 0 bridgehead atoms. The molecule has 3 aliphatic rings. The predicted octanol–water partition coefficient (Wildman–Crippen LogP) is 1.45. The first-order chi connectivity index (χ1) is 29.2. The van der Waals surface area contributed by atoms with E-state index in [0.717, 1.165) is 11.0 Å². The number of carbonyl (C=O) groups excluding carboxylic acids is 6. The first kappa shape index (κ1) is 44.9. The molecule has 61 heavy (non-hydrogen) atoms. The number of halogens is 2. The molecule has 6 amide bonds. The number of primary amides is 1. The Kier molecular flexibility index (Phi) is 14.9. The Balaban J connectivity index is 0.825. The van der Waals surface area contributed by atoms with E-state index in [-0.39, 0.29) is 130 Å². The third-order valence-electron chi connectivity index (χ3n) is 9.88. The Morgan fingerprint density at radius 3 is 2.43 bits per heavy atom. The molecular formula is C38H43BrFN9O11S. The zero-order chi connectivity index (χ0) is 43.7. The van der Waals surface area contributed by atoms with Gasteiger partial charge >= 0.3 is 0 Å². The van der Waals surface area contributed by atoms with Crippen molar-refractivity contribution in [2.75, 3.05) is 69.1 Å². The number of carbonyl (C=O) groups is 6. The molecule has 0 spiro atoms. The molecule has 0 radical (unpaired) electrons. The first-order valence-corrected chi connectivity index (χ1v) is 21.7. The highest BCUT2D eigenvalue weighted by Gasteiger charge is 2.46. The van der Waals surface area contributed by atoms with E-state index in [1.165, 1.54) is 34.8 Å². The topological polar surface area (TPSA) is 271 Å². The number of fused-ring (bicyclic) bond motifs is 1. The molecule has 0 unspecified atom stereocenters. The van der Waals surface area contributed by atoms with E-state index in [0.29, 0.717) is 17.3 Å². The lowest BCUT2D eigenvalue weighted by atomic mass is 10.0. The summed E-state index contributed by atoms with van der Waals surface area (Å²) >= 11 is 3.34. The van der Waals surface area contributed by atoms with Crippen LogP contribution in [0.2, 0.25) is 0 Å². The number of anilines is 3. The molecule has 6 rings (SSSR count). The molecule has 2 fully saturated rings. The van der Waals surface area contributed by atoms with Gasteiger partial charge in [-0.25, -0.2) is 22.1 Å². The van der Waals surface area contributed by atoms with Gasteiger partial charge in [0.2, 0.25) is 33.7 Å². The molecule has 1 atom stereocenters. The fourth-order valence-electron chi connectivity index (χ4n) is 6.83. The quantitative estimate of drug-likeness (QED) is 0.0793. The van der Waals surface area contributed by atoms with Gasteiger partial charge in [-0.1, -0.05) is 12.1 Å². The lowest BCUT2D eigenvalue weighted by Gasteiger charge is -2.31. The number of benzene rings is 2. The van der Waals surface area contributed by atoms with Gasteiger partial charge in [-0.05, 0) is 59.5 Å². The number of imide groups is 2. The van der Waals surface area contributed by atoms with Gasteiger partial charge in [0.1, 0.15) is 30.0 Å². The molecule has 4 heterocycles. The summed E-state index contributed by atoms with van der Waals surface area (Å²) in [6.45, 7) is 0.979. The van der Waals surface area contributed by atoms with Crippen LogP contribution in [0, 0.1) is 5.82 Å². The summed E-state index contributed by atoms with van der Waals surface area (Å²) in [5, 5.41) is 10.9. The van der Waals surface area contributed by atoms with Crippen molar-refractivity contribution in [2.45, 2.75) is 44.2 Å². The summed E-state index contributed by atoms with van der Waals surface area (Å²) in [6.07, 6.45) is 2.46. The molecule has 3 aliphatic heterocycles. The molecule has 6 N–H and O–H groups in total. The minimum Gasteiger partial charge on any atom is -0.490 e. The smallest absolute Gasteiger partial charge is 0.266 e. The first-order valence-electron chi connectivity index (χ1n) is 19.2. The van der Waals surface area contributed by atoms with Crippen molar-refractivity contribution in [3.63, 3.8) is 0 Å². The number of rotatable bonds is 20. The molecule has 0 aliphatic carbocycles. The molecule has 20 nitrogen and oxygen atoms in total. The molecule has 2 aromatic carbocycles. The van der Waals surface area contributed by atoms with Crippen LogP contribution in [-0.4, -0.2) is 134 Å². The van der Waals surface area contributed by atoms with Crippen LogP contribution in [0.5, 0.6) is 5.75 Å². The van der Waals surface area contributed by atoms with Crippen molar-refractivity contribution in [1.82, 2.24) is 29.8 Å². The summed E-state index contributed by atoms with van der Waals surface area (Å²) < 4.78 is 58.7. The van der Waals surface area contributed by atoms with Gasteiger partial charge in [0.05, 0.1) is 59.0 Å². The lowest BCUT2D eigenvalue weighted by Crippen LogP contribution is -2.54.